The summed E-state index contributed by atoms with van der Waals surface area (Å²) in [5.41, 5.74) is 0.791. The van der Waals surface area contributed by atoms with Crippen LogP contribution < -0.4 is 0 Å². The average molecular weight is 340 g/mol. The van der Waals surface area contributed by atoms with E-state index in [-0.39, 0.29) is 5.91 Å². The fraction of sp³-hybridized carbons (Fsp3) is 0.526. The summed E-state index contributed by atoms with van der Waals surface area (Å²) in [5.74, 6) is 1.02. The van der Waals surface area contributed by atoms with Gasteiger partial charge in [-0.1, -0.05) is 0 Å². The molecule has 0 bridgehead atoms. The number of rotatable bonds is 4. The first-order valence-electron chi connectivity index (χ1n) is 8.96. The number of piperidine rings is 1. The Labute approximate surface area is 147 Å². The van der Waals surface area contributed by atoms with Gasteiger partial charge in [-0.2, -0.15) is 0 Å². The van der Waals surface area contributed by atoms with E-state index in [1.807, 2.05) is 17.0 Å². The van der Waals surface area contributed by atoms with Crippen molar-refractivity contribution in [1.82, 2.24) is 19.8 Å². The van der Waals surface area contributed by atoms with Crippen molar-refractivity contribution in [1.29, 1.82) is 0 Å². The second-order valence-corrected chi connectivity index (χ2v) is 7.29. The van der Waals surface area contributed by atoms with E-state index in [0.717, 1.165) is 38.2 Å². The molecule has 1 aliphatic carbocycles. The zero-order valence-corrected chi connectivity index (χ0v) is 14.6. The summed E-state index contributed by atoms with van der Waals surface area (Å²) in [7, 11) is 2.19. The molecule has 4 rings (SSSR count). The predicted octanol–water partition coefficient (Wildman–Crippen LogP) is 2.59. The molecule has 25 heavy (non-hydrogen) atoms. The van der Waals surface area contributed by atoms with Gasteiger partial charge in [0.2, 0.25) is 0 Å². The summed E-state index contributed by atoms with van der Waals surface area (Å²) in [6.07, 6.45) is 11.1. The molecule has 2 aliphatic rings. The number of aromatic nitrogens is 2. The first-order valence-corrected chi connectivity index (χ1v) is 8.96. The summed E-state index contributed by atoms with van der Waals surface area (Å²) in [6, 6.07) is 4.55. The Morgan fingerprint density at radius 1 is 1.36 bits per heavy atom. The smallest absolute Gasteiger partial charge is 0.274 e. The van der Waals surface area contributed by atoms with Gasteiger partial charge in [-0.05, 0) is 50.3 Å². The van der Waals surface area contributed by atoms with Crippen molar-refractivity contribution in [3.63, 3.8) is 0 Å². The molecule has 1 saturated heterocycles. The lowest BCUT2D eigenvalue weighted by atomic mass is 9.58. The third-order valence-corrected chi connectivity index (χ3v) is 5.97. The second-order valence-electron chi connectivity index (χ2n) is 7.29. The Morgan fingerprint density at radius 2 is 2.20 bits per heavy atom. The van der Waals surface area contributed by atoms with Crippen LogP contribution in [0.3, 0.4) is 0 Å². The molecule has 1 amide bonds. The van der Waals surface area contributed by atoms with Crippen LogP contribution in [0.2, 0.25) is 0 Å². The van der Waals surface area contributed by atoms with Gasteiger partial charge in [0.05, 0.1) is 19.0 Å². The van der Waals surface area contributed by atoms with Crippen molar-refractivity contribution >= 4 is 5.91 Å². The predicted molar refractivity (Wildman–Crippen MR) is 92.8 cm³/mol. The Bertz CT molecular complexity index is 708. The normalized spacial score (nSPS) is 22.2. The number of hydrogen-bond donors (Lipinski definition) is 0. The molecular weight excluding hydrogens is 316 g/mol. The topological polar surface area (TPSA) is 62.5 Å². The van der Waals surface area contributed by atoms with Gasteiger partial charge >= 0.3 is 0 Å². The molecule has 1 saturated carbocycles. The number of likely N-dealkylation sites (tertiary alicyclic amines) is 1. The van der Waals surface area contributed by atoms with Crippen LogP contribution >= 0.6 is 0 Å². The molecule has 0 unspecified atom stereocenters. The fourth-order valence-electron chi connectivity index (χ4n) is 4.44. The molecule has 0 aromatic carbocycles. The zero-order chi connectivity index (χ0) is 17.3. The lowest BCUT2D eigenvalue weighted by molar-refractivity contribution is -0.0590. The number of hydrogen-bond acceptors (Lipinski definition) is 5. The molecule has 2 aromatic heterocycles. The van der Waals surface area contributed by atoms with E-state index in [9.17, 15) is 4.79 Å². The highest BCUT2D eigenvalue weighted by Gasteiger charge is 2.50. The van der Waals surface area contributed by atoms with Crippen LogP contribution in [0.4, 0.5) is 0 Å². The standard InChI is InChI=1S/C19H24N4O2/c1-22(14-15-3-2-12-25-15)17-4-5-19(17)6-10-23(11-7-19)18(24)16-13-20-8-9-21-16/h2-3,8-9,12-13,17H,4-7,10-11,14H2,1H3/t17-/m0/s1. The van der Waals surface area contributed by atoms with Crippen LogP contribution in [-0.2, 0) is 6.54 Å². The highest BCUT2D eigenvalue weighted by Crippen LogP contribution is 2.51. The average Bonchev–Trinajstić information content (AvgIpc) is 3.14. The monoisotopic (exact) mass is 340 g/mol. The van der Waals surface area contributed by atoms with E-state index in [1.165, 1.54) is 12.8 Å². The van der Waals surface area contributed by atoms with Crippen molar-refractivity contribution in [2.45, 2.75) is 38.3 Å². The first-order chi connectivity index (χ1) is 12.2. The molecule has 1 spiro atoms. The first kappa shape index (κ1) is 16.3. The molecule has 6 nitrogen and oxygen atoms in total. The van der Waals surface area contributed by atoms with E-state index in [0.29, 0.717) is 17.2 Å². The summed E-state index contributed by atoms with van der Waals surface area (Å²) >= 11 is 0. The highest BCUT2D eigenvalue weighted by molar-refractivity contribution is 5.92. The van der Waals surface area contributed by atoms with Crippen LogP contribution in [0.5, 0.6) is 0 Å². The van der Waals surface area contributed by atoms with Crippen molar-refractivity contribution in [2.24, 2.45) is 5.41 Å². The molecule has 0 N–H and O–H groups in total. The maximum atomic E-state index is 12.5. The number of carbonyl (C=O) groups is 1. The molecule has 3 heterocycles. The minimum Gasteiger partial charge on any atom is -0.468 e. The van der Waals surface area contributed by atoms with Crippen LogP contribution in [0.15, 0.2) is 41.4 Å². The van der Waals surface area contributed by atoms with Crippen molar-refractivity contribution in [3.8, 4) is 0 Å². The minimum absolute atomic E-state index is 0.00256. The SMILES string of the molecule is CN(Cc1ccco1)[C@H]1CCC12CCN(C(=O)c1cnccn1)CC2. The maximum absolute atomic E-state index is 12.5. The molecule has 2 fully saturated rings. The van der Waals surface area contributed by atoms with E-state index >= 15 is 0 Å². The maximum Gasteiger partial charge on any atom is 0.274 e. The number of carbonyl (C=O) groups excluding carboxylic acids is 1. The van der Waals surface area contributed by atoms with Gasteiger partial charge in [-0.3, -0.25) is 14.7 Å². The number of furan rings is 1. The van der Waals surface area contributed by atoms with Gasteiger partial charge in [-0.25, -0.2) is 4.98 Å². The minimum atomic E-state index is 0.00256. The highest BCUT2D eigenvalue weighted by atomic mass is 16.3. The third-order valence-electron chi connectivity index (χ3n) is 5.97. The molecular formula is C19H24N4O2. The quantitative estimate of drug-likeness (QED) is 0.856. The van der Waals surface area contributed by atoms with E-state index in [4.69, 9.17) is 4.42 Å². The number of amides is 1. The largest absolute Gasteiger partial charge is 0.468 e. The molecule has 6 heteroatoms. The second kappa shape index (κ2) is 6.59. The molecule has 132 valence electrons. The molecule has 1 atom stereocenters. The van der Waals surface area contributed by atoms with E-state index < -0.39 is 0 Å². The Hall–Kier alpha value is -2.21. The summed E-state index contributed by atoms with van der Waals surface area (Å²) in [6.45, 7) is 2.46. The van der Waals surface area contributed by atoms with Gasteiger partial charge in [0.1, 0.15) is 11.5 Å². The van der Waals surface area contributed by atoms with Gasteiger partial charge < -0.3 is 9.32 Å². The van der Waals surface area contributed by atoms with E-state index in [2.05, 4.69) is 21.9 Å². The van der Waals surface area contributed by atoms with Crippen LogP contribution in [-0.4, -0.2) is 51.9 Å². The Balaban J connectivity index is 1.37. The Morgan fingerprint density at radius 3 is 2.80 bits per heavy atom. The fourth-order valence-corrected chi connectivity index (χ4v) is 4.44. The molecule has 2 aromatic rings. The van der Waals surface area contributed by atoms with Crippen molar-refractivity contribution in [3.05, 3.63) is 48.4 Å². The van der Waals surface area contributed by atoms with Crippen LogP contribution in [0.25, 0.3) is 0 Å². The van der Waals surface area contributed by atoms with Gasteiger partial charge in [0.15, 0.2) is 0 Å². The summed E-state index contributed by atoms with van der Waals surface area (Å²) in [4.78, 5) is 25.0. The van der Waals surface area contributed by atoms with Gasteiger partial charge in [0, 0.05) is 31.5 Å². The van der Waals surface area contributed by atoms with Gasteiger partial charge in [-0.15, -0.1) is 0 Å². The van der Waals surface area contributed by atoms with Crippen molar-refractivity contribution in [2.75, 3.05) is 20.1 Å². The third kappa shape index (κ3) is 3.06. The van der Waals surface area contributed by atoms with Crippen LogP contribution in [0.1, 0.15) is 41.9 Å². The van der Waals surface area contributed by atoms with Gasteiger partial charge in [0.25, 0.3) is 5.91 Å². The van der Waals surface area contributed by atoms with E-state index in [1.54, 1.807) is 24.9 Å². The zero-order valence-electron chi connectivity index (χ0n) is 14.6. The molecule has 1 aliphatic heterocycles. The summed E-state index contributed by atoms with van der Waals surface area (Å²) < 4.78 is 5.49. The summed E-state index contributed by atoms with van der Waals surface area (Å²) in [5, 5.41) is 0. The Kier molecular flexibility index (Phi) is 4.29. The lowest BCUT2D eigenvalue weighted by Crippen LogP contribution is -2.58. The molecule has 0 radical (unpaired) electrons. The lowest BCUT2D eigenvalue weighted by Gasteiger charge is -2.56. The van der Waals surface area contributed by atoms with Crippen LogP contribution in [0, 0.1) is 5.41 Å². The van der Waals surface area contributed by atoms with Crippen molar-refractivity contribution < 1.29 is 9.21 Å². The number of nitrogens with zero attached hydrogens (tertiary/aromatic N) is 4.